The normalized spacial score (nSPS) is 22.7. The largest absolute Gasteiger partial charge is 1.00 e. The van der Waals surface area contributed by atoms with E-state index in [0.717, 1.165) is 25.9 Å². The van der Waals surface area contributed by atoms with Gasteiger partial charge < -0.3 is 26.5 Å². The summed E-state index contributed by atoms with van der Waals surface area (Å²) in [6, 6.07) is 6.30. The molecule has 182 valence electrons. The molecule has 6 nitrogen and oxygen atoms in total. The number of nitrogens with zero attached hydrogens (tertiary/aromatic N) is 3. The van der Waals surface area contributed by atoms with Crippen molar-refractivity contribution < 1.29 is 31.2 Å². The molecule has 4 rings (SSSR count). The summed E-state index contributed by atoms with van der Waals surface area (Å²) in [5, 5.41) is 0.586. The highest BCUT2D eigenvalue weighted by molar-refractivity contribution is 6.30. The Balaban J connectivity index is 0.00000306. The molecule has 1 aromatic rings. The number of carbonyl (C=O) groups is 1. The fourth-order valence-corrected chi connectivity index (χ4v) is 6.02. The zero-order valence-corrected chi connectivity index (χ0v) is 21.4. The van der Waals surface area contributed by atoms with Gasteiger partial charge in [-0.3, -0.25) is 4.79 Å². The van der Waals surface area contributed by atoms with Gasteiger partial charge in [0.2, 0.25) is 6.08 Å². The van der Waals surface area contributed by atoms with Crippen molar-refractivity contribution in [3.8, 4) is 0 Å². The highest BCUT2D eigenvalue weighted by atomic mass is 35.5. The first-order chi connectivity index (χ1) is 15.2. The van der Waals surface area contributed by atoms with E-state index in [1.54, 1.807) is 30.3 Å². The SMILES string of the molecule is CC(C)(C)O[C@@H](C(=O)N1CCC2(CC1)C[N+]21CCCCC1)C(N=C=O)c1ccc(Cl)cc1.[Cl-]. The first-order valence-corrected chi connectivity index (χ1v) is 12.2. The van der Waals surface area contributed by atoms with E-state index in [2.05, 4.69) is 4.99 Å². The van der Waals surface area contributed by atoms with Crippen molar-refractivity contribution in [3.63, 3.8) is 0 Å². The average molecular weight is 496 g/mol. The predicted molar refractivity (Wildman–Crippen MR) is 124 cm³/mol. The van der Waals surface area contributed by atoms with Crippen LogP contribution in [0.15, 0.2) is 29.3 Å². The highest BCUT2D eigenvalue weighted by Gasteiger charge is 2.69. The van der Waals surface area contributed by atoms with Crippen LogP contribution in [0.25, 0.3) is 0 Å². The number of hydrogen-bond acceptors (Lipinski definition) is 4. The number of fused-ring (bicyclic) bond motifs is 1. The monoisotopic (exact) mass is 495 g/mol. The van der Waals surface area contributed by atoms with Crippen LogP contribution in [0.3, 0.4) is 0 Å². The molecule has 0 aliphatic carbocycles. The second kappa shape index (κ2) is 10.1. The number of ether oxygens (including phenoxy) is 1. The topological polar surface area (TPSA) is 59.0 Å². The number of amides is 1. The molecule has 0 N–H and O–H groups in total. The van der Waals surface area contributed by atoms with Crippen molar-refractivity contribution in [3.05, 3.63) is 34.9 Å². The second-order valence-corrected chi connectivity index (χ2v) is 11.2. The molecule has 3 saturated heterocycles. The first kappa shape index (κ1) is 26.2. The summed E-state index contributed by atoms with van der Waals surface area (Å²) in [4.78, 5) is 30.9. The Kier molecular flexibility index (Phi) is 7.97. The van der Waals surface area contributed by atoms with Crippen LogP contribution in [0.4, 0.5) is 0 Å². The van der Waals surface area contributed by atoms with Gasteiger partial charge in [0.15, 0.2) is 11.6 Å². The number of hydrogen-bond donors (Lipinski definition) is 0. The van der Waals surface area contributed by atoms with Crippen LogP contribution in [0, 0.1) is 0 Å². The van der Waals surface area contributed by atoms with E-state index >= 15 is 0 Å². The molecule has 3 heterocycles. The van der Waals surface area contributed by atoms with Gasteiger partial charge in [0.25, 0.3) is 5.91 Å². The van der Waals surface area contributed by atoms with Crippen molar-refractivity contribution in [1.29, 1.82) is 0 Å². The van der Waals surface area contributed by atoms with Crippen LogP contribution < -0.4 is 12.4 Å². The Morgan fingerprint density at radius 3 is 2.30 bits per heavy atom. The molecule has 0 aromatic heterocycles. The molecular weight excluding hydrogens is 461 g/mol. The Hall–Kier alpha value is -1.43. The number of isocyanates is 1. The third-order valence-electron chi connectivity index (χ3n) is 7.59. The lowest BCUT2D eigenvalue weighted by Crippen LogP contribution is -3.00. The maximum Gasteiger partial charge on any atom is 0.254 e. The van der Waals surface area contributed by atoms with E-state index in [9.17, 15) is 9.59 Å². The van der Waals surface area contributed by atoms with Gasteiger partial charge in [0, 0.05) is 31.0 Å². The van der Waals surface area contributed by atoms with E-state index in [-0.39, 0.29) is 18.3 Å². The van der Waals surface area contributed by atoms with Gasteiger partial charge in [-0.15, -0.1) is 0 Å². The highest BCUT2D eigenvalue weighted by Crippen LogP contribution is 2.52. The lowest BCUT2D eigenvalue weighted by molar-refractivity contribution is -0.836. The minimum Gasteiger partial charge on any atom is -1.00 e. The number of likely N-dealkylation sites (tertiary alicyclic amines) is 1. The van der Waals surface area contributed by atoms with Crippen molar-refractivity contribution in [1.82, 2.24) is 4.90 Å². The molecule has 0 bridgehead atoms. The van der Waals surface area contributed by atoms with Gasteiger partial charge in [0.05, 0.1) is 18.7 Å². The Labute approximate surface area is 208 Å². The summed E-state index contributed by atoms with van der Waals surface area (Å²) >= 11 is 6.04. The number of benzene rings is 1. The van der Waals surface area contributed by atoms with E-state index in [1.807, 2.05) is 25.7 Å². The number of carbonyl (C=O) groups excluding carboxylic acids is 2. The number of quaternary nitrogens is 1. The summed E-state index contributed by atoms with van der Waals surface area (Å²) in [5.74, 6) is -0.0976. The Morgan fingerprint density at radius 2 is 1.76 bits per heavy atom. The average Bonchev–Trinajstić information content (AvgIpc) is 3.34. The lowest BCUT2D eigenvalue weighted by Gasteiger charge is -2.39. The molecule has 8 heteroatoms. The number of aliphatic imine (C=N–C) groups is 1. The van der Waals surface area contributed by atoms with Crippen LogP contribution in [0.1, 0.15) is 64.5 Å². The molecule has 1 unspecified atom stereocenters. The summed E-state index contributed by atoms with van der Waals surface area (Å²) in [7, 11) is 0. The van der Waals surface area contributed by atoms with Crippen LogP contribution in [0.2, 0.25) is 5.02 Å². The van der Waals surface area contributed by atoms with E-state index in [0.29, 0.717) is 16.1 Å². The maximum atomic E-state index is 13.7. The van der Waals surface area contributed by atoms with Crippen LogP contribution in [-0.2, 0) is 14.3 Å². The molecule has 0 saturated carbocycles. The molecule has 2 atom stereocenters. The molecule has 2 spiro atoms. The van der Waals surface area contributed by atoms with E-state index < -0.39 is 17.7 Å². The van der Waals surface area contributed by atoms with Crippen LogP contribution in [-0.4, -0.2) is 71.3 Å². The van der Waals surface area contributed by atoms with Gasteiger partial charge in [-0.2, -0.15) is 4.99 Å². The van der Waals surface area contributed by atoms with Crippen LogP contribution >= 0.6 is 11.6 Å². The van der Waals surface area contributed by atoms with Crippen molar-refractivity contribution in [2.45, 2.75) is 76.2 Å². The minimum absolute atomic E-state index is 0. The first-order valence-electron chi connectivity index (χ1n) is 11.8. The summed E-state index contributed by atoms with van der Waals surface area (Å²) in [6.45, 7) is 11.1. The van der Waals surface area contributed by atoms with Crippen molar-refractivity contribution >= 4 is 23.6 Å². The number of rotatable bonds is 5. The Morgan fingerprint density at radius 1 is 1.15 bits per heavy atom. The zero-order valence-electron chi connectivity index (χ0n) is 19.9. The van der Waals surface area contributed by atoms with Gasteiger partial charge in [0.1, 0.15) is 12.6 Å². The van der Waals surface area contributed by atoms with E-state index in [1.165, 1.54) is 43.4 Å². The zero-order chi connectivity index (χ0) is 23.0. The van der Waals surface area contributed by atoms with E-state index in [4.69, 9.17) is 16.3 Å². The second-order valence-electron chi connectivity index (χ2n) is 10.7. The summed E-state index contributed by atoms with van der Waals surface area (Å²) in [5.41, 5.74) is 0.530. The van der Waals surface area contributed by atoms with Gasteiger partial charge >= 0.3 is 0 Å². The predicted octanol–water partition coefficient (Wildman–Crippen LogP) is 1.28. The fraction of sp³-hybridized carbons (Fsp3) is 0.680. The van der Waals surface area contributed by atoms with Crippen LogP contribution in [0.5, 0.6) is 0 Å². The van der Waals surface area contributed by atoms with Gasteiger partial charge in [-0.25, -0.2) is 4.79 Å². The number of halogens is 2. The molecule has 3 aliphatic rings. The third kappa shape index (κ3) is 5.47. The summed E-state index contributed by atoms with van der Waals surface area (Å²) < 4.78 is 7.51. The number of piperidine rings is 2. The van der Waals surface area contributed by atoms with Crippen molar-refractivity contribution in [2.24, 2.45) is 4.99 Å². The summed E-state index contributed by atoms with van der Waals surface area (Å²) in [6.07, 6.45) is 6.88. The Bertz CT molecular complexity index is 879. The molecule has 3 fully saturated rings. The molecule has 0 radical (unpaired) electrons. The maximum absolute atomic E-state index is 13.7. The van der Waals surface area contributed by atoms with Crippen molar-refractivity contribution in [2.75, 3.05) is 32.7 Å². The molecule has 1 aromatic carbocycles. The quantitative estimate of drug-likeness (QED) is 0.267. The fourth-order valence-electron chi connectivity index (χ4n) is 5.90. The third-order valence-corrected chi connectivity index (χ3v) is 7.84. The molecule has 1 amide bonds. The minimum atomic E-state index is -0.885. The molecular formula is C25H35Cl2N3O3. The molecule has 3 aliphatic heterocycles. The smallest absolute Gasteiger partial charge is 0.254 e. The van der Waals surface area contributed by atoms with Gasteiger partial charge in [-0.05, 0) is 57.7 Å². The lowest BCUT2D eigenvalue weighted by atomic mass is 9.93. The molecule has 33 heavy (non-hydrogen) atoms. The van der Waals surface area contributed by atoms with Gasteiger partial charge in [-0.1, -0.05) is 23.7 Å². The standard InChI is InChI=1S/C25H35ClN3O3.ClH/c1-24(2,3)32-22(21(27-18-30)19-7-9-20(26)10-8-19)23(31)28-13-11-25(12-14-28)17-29(25)15-5-4-6-16-29;/h7-10,21-22H,4-6,11-17H2,1-3H3;1H/q+1;/p-1/t21?,22-;/m1./s1.